The third kappa shape index (κ3) is 5.85. The Morgan fingerprint density at radius 3 is 2.61 bits per heavy atom. The lowest BCUT2D eigenvalue weighted by Crippen LogP contribution is -2.32. The molecule has 1 aromatic carbocycles. The molecule has 0 fully saturated rings. The van der Waals surface area contributed by atoms with Crippen LogP contribution >= 0.6 is 24.2 Å². The number of rotatable bonds is 7. The number of aromatic nitrogens is 2. The molecule has 1 heterocycles. The Morgan fingerprint density at radius 2 is 2.04 bits per heavy atom. The van der Waals surface area contributed by atoms with E-state index in [4.69, 9.17) is 4.52 Å². The Hall–Kier alpha value is -1.57. The van der Waals surface area contributed by atoms with E-state index in [9.17, 15) is 4.79 Å². The normalized spacial score (nSPS) is 10.2. The van der Waals surface area contributed by atoms with Crippen LogP contribution in [-0.2, 0) is 5.75 Å². The van der Waals surface area contributed by atoms with Crippen molar-refractivity contribution >= 4 is 30.1 Å². The topological polar surface area (TPSA) is 71.3 Å². The van der Waals surface area contributed by atoms with Gasteiger partial charge in [-0.05, 0) is 38.2 Å². The minimum absolute atomic E-state index is 0. The fourth-order valence-corrected chi connectivity index (χ4v) is 2.57. The highest BCUT2D eigenvalue weighted by atomic mass is 35.5. The summed E-state index contributed by atoms with van der Waals surface area (Å²) in [6, 6.07) is 7.57. The molecule has 23 heavy (non-hydrogen) atoms. The number of hydrogen-bond donors (Lipinski definition) is 1. The van der Waals surface area contributed by atoms with Crippen LogP contribution in [0.25, 0.3) is 0 Å². The van der Waals surface area contributed by atoms with Gasteiger partial charge in [0.25, 0.3) is 5.91 Å². The van der Waals surface area contributed by atoms with Gasteiger partial charge < -0.3 is 14.7 Å². The summed E-state index contributed by atoms with van der Waals surface area (Å²) < 4.78 is 5.07. The highest BCUT2D eigenvalue weighted by Gasteiger charge is 2.11. The molecule has 0 spiro atoms. The van der Waals surface area contributed by atoms with Gasteiger partial charge in [-0.25, -0.2) is 0 Å². The molecule has 0 aliphatic heterocycles. The number of benzene rings is 1. The van der Waals surface area contributed by atoms with Crippen molar-refractivity contribution in [3.05, 3.63) is 41.5 Å². The van der Waals surface area contributed by atoms with Crippen molar-refractivity contribution < 1.29 is 9.32 Å². The number of halogens is 1. The van der Waals surface area contributed by atoms with Crippen molar-refractivity contribution in [1.29, 1.82) is 0 Å². The molecule has 0 radical (unpaired) electrons. The minimum Gasteiger partial charge on any atom is -0.340 e. The molecule has 0 bridgehead atoms. The lowest BCUT2D eigenvalue weighted by molar-refractivity contribution is 0.0797. The molecule has 1 amide bonds. The van der Waals surface area contributed by atoms with Crippen molar-refractivity contribution in [3.63, 3.8) is 0 Å². The molecule has 2 rings (SSSR count). The van der Waals surface area contributed by atoms with Gasteiger partial charge in [0.2, 0.25) is 5.89 Å². The first-order chi connectivity index (χ1) is 10.6. The second-order valence-corrected chi connectivity index (χ2v) is 5.93. The monoisotopic (exact) mass is 356 g/mol. The number of thioether (sulfide) groups is 1. The molecule has 0 saturated heterocycles. The van der Waals surface area contributed by atoms with E-state index in [1.807, 2.05) is 31.3 Å². The van der Waals surface area contributed by atoms with Gasteiger partial charge in [0.1, 0.15) is 0 Å². The molecule has 2 aromatic rings. The van der Waals surface area contributed by atoms with Crippen LogP contribution in [0.15, 0.2) is 33.7 Å². The maximum absolute atomic E-state index is 12.2. The van der Waals surface area contributed by atoms with Crippen LogP contribution in [0.2, 0.25) is 0 Å². The third-order valence-corrected chi connectivity index (χ3v) is 4.07. The Balaban J connectivity index is 0.00000264. The van der Waals surface area contributed by atoms with Crippen LogP contribution in [0.4, 0.5) is 0 Å². The first-order valence-corrected chi connectivity index (χ1v) is 8.01. The largest absolute Gasteiger partial charge is 0.340 e. The Morgan fingerprint density at radius 1 is 1.35 bits per heavy atom. The Kier molecular flexibility index (Phi) is 8.08. The van der Waals surface area contributed by atoms with Crippen LogP contribution in [0.5, 0.6) is 0 Å². The quantitative estimate of drug-likeness (QED) is 0.768. The SMILES string of the molecule is CNCCN(C)C(=O)c1ccc(SCc2nc(C)no2)cc1.Cl. The van der Waals surface area contributed by atoms with Gasteiger partial charge in [0, 0.05) is 30.6 Å². The second kappa shape index (κ2) is 9.54. The van der Waals surface area contributed by atoms with Crippen LogP contribution in [0.1, 0.15) is 22.1 Å². The molecule has 6 nitrogen and oxygen atoms in total. The van der Waals surface area contributed by atoms with Gasteiger partial charge in [0.05, 0.1) is 5.75 Å². The number of carbonyl (C=O) groups excluding carboxylic acids is 1. The van der Waals surface area contributed by atoms with E-state index in [0.29, 0.717) is 29.6 Å². The van der Waals surface area contributed by atoms with Gasteiger partial charge >= 0.3 is 0 Å². The van der Waals surface area contributed by atoms with E-state index in [0.717, 1.165) is 11.4 Å². The van der Waals surface area contributed by atoms with Crippen LogP contribution in [0.3, 0.4) is 0 Å². The fraction of sp³-hybridized carbons (Fsp3) is 0.400. The summed E-state index contributed by atoms with van der Waals surface area (Å²) in [6.07, 6.45) is 0. The van der Waals surface area contributed by atoms with Crippen LogP contribution in [0, 0.1) is 6.92 Å². The summed E-state index contributed by atoms with van der Waals surface area (Å²) in [5.74, 6) is 1.89. The summed E-state index contributed by atoms with van der Waals surface area (Å²) in [7, 11) is 3.68. The van der Waals surface area contributed by atoms with Crippen molar-refractivity contribution in [2.45, 2.75) is 17.6 Å². The molecule has 0 aliphatic carbocycles. The predicted octanol–water partition coefficient (Wildman–Crippen LogP) is 2.38. The van der Waals surface area contributed by atoms with Crippen molar-refractivity contribution in [2.24, 2.45) is 0 Å². The summed E-state index contributed by atoms with van der Waals surface area (Å²) in [5, 5.41) is 6.79. The smallest absolute Gasteiger partial charge is 0.253 e. The average Bonchev–Trinajstić information content (AvgIpc) is 2.96. The van der Waals surface area contributed by atoms with E-state index in [1.54, 1.807) is 30.6 Å². The van der Waals surface area contributed by atoms with Gasteiger partial charge in [-0.1, -0.05) is 5.16 Å². The highest BCUT2D eigenvalue weighted by molar-refractivity contribution is 7.98. The Labute approximate surface area is 146 Å². The van der Waals surface area contributed by atoms with Crippen molar-refractivity contribution in [2.75, 3.05) is 27.2 Å². The molecular formula is C15H21ClN4O2S. The lowest BCUT2D eigenvalue weighted by atomic mass is 10.2. The molecule has 1 N–H and O–H groups in total. The first-order valence-electron chi connectivity index (χ1n) is 7.02. The number of nitrogens with one attached hydrogen (secondary N) is 1. The van der Waals surface area contributed by atoms with E-state index in [1.165, 1.54) is 0 Å². The number of amides is 1. The zero-order chi connectivity index (χ0) is 15.9. The molecule has 126 valence electrons. The maximum Gasteiger partial charge on any atom is 0.253 e. The number of hydrogen-bond acceptors (Lipinski definition) is 6. The van der Waals surface area contributed by atoms with E-state index >= 15 is 0 Å². The predicted molar refractivity (Wildman–Crippen MR) is 93.2 cm³/mol. The molecule has 0 unspecified atom stereocenters. The average molecular weight is 357 g/mol. The standard InChI is InChI=1S/C15H20N4O2S.ClH/c1-11-17-14(21-18-11)10-22-13-6-4-12(5-7-13)15(20)19(3)9-8-16-2;/h4-7,16H,8-10H2,1-3H3;1H. The Bertz CT molecular complexity index is 618. The zero-order valence-corrected chi connectivity index (χ0v) is 15.0. The molecule has 0 aliphatic rings. The number of likely N-dealkylation sites (N-methyl/N-ethyl adjacent to an activating group) is 2. The van der Waals surface area contributed by atoms with Gasteiger partial charge in [0.15, 0.2) is 5.82 Å². The van der Waals surface area contributed by atoms with E-state index in [-0.39, 0.29) is 18.3 Å². The molecule has 0 saturated carbocycles. The van der Waals surface area contributed by atoms with Crippen LogP contribution in [-0.4, -0.2) is 48.1 Å². The summed E-state index contributed by atoms with van der Waals surface area (Å²) in [5.41, 5.74) is 0.691. The second-order valence-electron chi connectivity index (χ2n) is 4.88. The maximum atomic E-state index is 12.2. The first kappa shape index (κ1) is 19.5. The fourth-order valence-electron chi connectivity index (χ4n) is 1.84. The number of aryl methyl sites for hydroxylation is 1. The molecule has 0 atom stereocenters. The van der Waals surface area contributed by atoms with Crippen molar-refractivity contribution in [3.8, 4) is 0 Å². The zero-order valence-electron chi connectivity index (χ0n) is 13.4. The molecule has 8 heteroatoms. The molecule has 1 aromatic heterocycles. The van der Waals surface area contributed by atoms with Gasteiger partial charge in [-0.15, -0.1) is 24.2 Å². The highest BCUT2D eigenvalue weighted by Crippen LogP contribution is 2.22. The van der Waals surface area contributed by atoms with E-state index in [2.05, 4.69) is 15.5 Å². The summed E-state index contributed by atoms with van der Waals surface area (Å²) in [4.78, 5) is 19.1. The van der Waals surface area contributed by atoms with Gasteiger partial charge in [-0.3, -0.25) is 4.79 Å². The summed E-state index contributed by atoms with van der Waals surface area (Å²) >= 11 is 1.60. The van der Waals surface area contributed by atoms with Crippen LogP contribution < -0.4 is 5.32 Å². The third-order valence-electron chi connectivity index (χ3n) is 3.08. The molecular weight excluding hydrogens is 336 g/mol. The van der Waals surface area contributed by atoms with E-state index < -0.39 is 0 Å². The van der Waals surface area contributed by atoms with Crippen molar-refractivity contribution in [1.82, 2.24) is 20.4 Å². The number of carbonyl (C=O) groups is 1. The lowest BCUT2D eigenvalue weighted by Gasteiger charge is -2.17. The minimum atomic E-state index is 0. The summed E-state index contributed by atoms with van der Waals surface area (Å²) in [6.45, 7) is 3.25. The number of nitrogens with zero attached hydrogens (tertiary/aromatic N) is 3. The van der Waals surface area contributed by atoms with Gasteiger partial charge in [-0.2, -0.15) is 4.98 Å².